The summed E-state index contributed by atoms with van der Waals surface area (Å²) in [5, 5.41) is 19.8. The van der Waals surface area contributed by atoms with Crippen molar-refractivity contribution >= 4 is 11.9 Å². The van der Waals surface area contributed by atoms with Crippen LogP contribution in [0.1, 0.15) is 16.8 Å². The number of carbonyl (C=O) groups is 2. The summed E-state index contributed by atoms with van der Waals surface area (Å²) in [5.41, 5.74) is -0.365. The zero-order chi connectivity index (χ0) is 13.7. The van der Waals surface area contributed by atoms with Crippen molar-refractivity contribution in [3.63, 3.8) is 0 Å². The van der Waals surface area contributed by atoms with Crippen LogP contribution in [-0.4, -0.2) is 28.1 Å². The molecule has 0 saturated carbocycles. The number of terminal acetylenes is 1. The maximum Gasteiger partial charge on any atom is 0.327 e. The average Bonchev–Trinajstić information content (AvgIpc) is 2.27. The lowest BCUT2D eigenvalue weighted by atomic mass is 10.1. The number of aromatic hydroxyl groups is 1. The highest BCUT2D eigenvalue weighted by Gasteiger charge is 2.21. The Kier molecular flexibility index (Phi) is 4.27. The van der Waals surface area contributed by atoms with E-state index in [4.69, 9.17) is 16.6 Å². The molecule has 0 fully saturated rings. The van der Waals surface area contributed by atoms with Gasteiger partial charge in [-0.3, -0.25) is 4.79 Å². The number of hydrogen-bond acceptors (Lipinski definition) is 3. The van der Waals surface area contributed by atoms with Crippen molar-refractivity contribution in [2.75, 3.05) is 0 Å². The fraction of sp³-hybridized carbons (Fsp3) is 0.167. The van der Waals surface area contributed by atoms with Gasteiger partial charge in [0.1, 0.15) is 17.6 Å². The average molecular weight is 251 g/mol. The molecular formula is C12H10FNO4. The maximum atomic E-state index is 13.3. The molecule has 3 N–H and O–H groups in total. The zero-order valence-electron chi connectivity index (χ0n) is 9.18. The minimum absolute atomic E-state index is 0.208. The third-order valence-corrected chi connectivity index (χ3v) is 2.12. The molecule has 0 spiro atoms. The van der Waals surface area contributed by atoms with E-state index in [2.05, 4.69) is 11.2 Å². The summed E-state index contributed by atoms with van der Waals surface area (Å²) in [5.74, 6) is -1.39. The van der Waals surface area contributed by atoms with Gasteiger partial charge in [-0.1, -0.05) is 0 Å². The number of carbonyl (C=O) groups excluding carboxylic acids is 1. The molecule has 1 unspecified atom stereocenters. The Balaban J connectivity index is 2.87. The first-order valence-electron chi connectivity index (χ1n) is 4.91. The van der Waals surface area contributed by atoms with E-state index in [1.807, 2.05) is 0 Å². The van der Waals surface area contributed by atoms with Crippen molar-refractivity contribution in [2.45, 2.75) is 12.5 Å². The summed E-state index contributed by atoms with van der Waals surface area (Å²) >= 11 is 0. The first-order valence-corrected chi connectivity index (χ1v) is 4.91. The second-order valence-corrected chi connectivity index (χ2v) is 3.44. The standard InChI is InChI=1S/C12H10FNO4/c1-2-3-10(12(17)18)14-11(16)8-5-4-7(15)6-9(8)13/h1,4-6,10,15H,3H2,(H,14,16)(H,17,18). The van der Waals surface area contributed by atoms with Gasteiger partial charge in [-0.05, 0) is 12.1 Å². The molecule has 1 amide bonds. The second-order valence-electron chi connectivity index (χ2n) is 3.44. The molecule has 18 heavy (non-hydrogen) atoms. The van der Waals surface area contributed by atoms with Gasteiger partial charge in [0, 0.05) is 12.5 Å². The normalized spacial score (nSPS) is 11.3. The van der Waals surface area contributed by atoms with Crippen LogP contribution >= 0.6 is 0 Å². The van der Waals surface area contributed by atoms with Gasteiger partial charge in [0.15, 0.2) is 0 Å². The molecule has 0 bridgehead atoms. The minimum atomic E-state index is -1.31. The first-order chi connectivity index (χ1) is 8.45. The van der Waals surface area contributed by atoms with E-state index < -0.39 is 23.7 Å². The number of amides is 1. The van der Waals surface area contributed by atoms with Crippen LogP contribution in [-0.2, 0) is 4.79 Å². The van der Waals surface area contributed by atoms with Crippen LogP contribution in [0.3, 0.4) is 0 Å². The Labute approximate surface area is 102 Å². The number of carboxylic acid groups (broad SMARTS) is 1. The van der Waals surface area contributed by atoms with Gasteiger partial charge in [-0.15, -0.1) is 12.3 Å². The highest BCUT2D eigenvalue weighted by Crippen LogP contribution is 2.15. The van der Waals surface area contributed by atoms with Crippen LogP contribution in [0.4, 0.5) is 4.39 Å². The van der Waals surface area contributed by atoms with E-state index in [0.717, 1.165) is 18.2 Å². The van der Waals surface area contributed by atoms with Crippen molar-refractivity contribution in [2.24, 2.45) is 0 Å². The van der Waals surface area contributed by atoms with Gasteiger partial charge >= 0.3 is 5.97 Å². The number of nitrogens with one attached hydrogen (secondary N) is 1. The second kappa shape index (κ2) is 5.68. The van der Waals surface area contributed by atoms with E-state index in [1.165, 1.54) is 0 Å². The number of benzene rings is 1. The van der Waals surface area contributed by atoms with Crippen LogP contribution in [0.25, 0.3) is 0 Å². The van der Waals surface area contributed by atoms with Crippen molar-refractivity contribution < 1.29 is 24.2 Å². The molecule has 1 rings (SSSR count). The molecule has 5 nitrogen and oxygen atoms in total. The van der Waals surface area contributed by atoms with Crippen LogP contribution < -0.4 is 5.32 Å². The Morgan fingerprint density at radius 3 is 2.67 bits per heavy atom. The SMILES string of the molecule is C#CCC(NC(=O)c1ccc(O)cc1F)C(=O)O. The zero-order valence-corrected chi connectivity index (χ0v) is 9.18. The van der Waals surface area contributed by atoms with Crippen molar-refractivity contribution in [3.05, 3.63) is 29.6 Å². The quantitative estimate of drug-likeness (QED) is 0.689. The molecule has 0 aromatic heterocycles. The molecule has 0 heterocycles. The summed E-state index contributed by atoms with van der Waals surface area (Å²) in [6, 6.07) is 1.64. The molecular weight excluding hydrogens is 241 g/mol. The molecule has 1 aromatic carbocycles. The van der Waals surface area contributed by atoms with E-state index >= 15 is 0 Å². The minimum Gasteiger partial charge on any atom is -0.508 e. The Morgan fingerprint density at radius 1 is 1.50 bits per heavy atom. The van der Waals surface area contributed by atoms with Crippen molar-refractivity contribution in [1.29, 1.82) is 0 Å². The highest BCUT2D eigenvalue weighted by molar-refractivity contribution is 5.97. The van der Waals surface area contributed by atoms with Gasteiger partial charge < -0.3 is 15.5 Å². The van der Waals surface area contributed by atoms with E-state index in [1.54, 1.807) is 0 Å². The Morgan fingerprint density at radius 2 is 2.17 bits per heavy atom. The largest absolute Gasteiger partial charge is 0.508 e. The smallest absolute Gasteiger partial charge is 0.327 e. The Bertz CT molecular complexity index is 521. The lowest BCUT2D eigenvalue weighted by molar-refractivity contribution is -0.139. The number of carboxylic acids is 1. The topological polar surface area (TPSA) is 86.6 Å². The van der Waals surface area contributed by atoms with Crippen molar-refractivity contribution in [3.8, 4) is 18.1 Å². The van der Waals surface area contributed by atoms with Crippen LogP contribution in [0.2, 0.25) is 0 Å². The lowest BCUT2D eigenvalue weighted by Crippen LogP contribution is -2.40. The Hall–Kier alpha value is -2.55. The number of halogens is 1. The van der Waals surface area contributed by atoms with E-state index in [-0.39, 0.29) is 17.7 Å². The molecule has 94 valence electrons. The van der Waals surface area contributed by atoms with Gasteiger partial charge in [0.2, 0.25) is 0 Å². The van der Waals surface area contributed by atoms with Crippen molar-refractivity contribution in [1.82, 2.24) is 5.32 Å². The van der Waals surface area contributed by atoms with Gasteiger partial charge in [-0.2, -0.15) is 0 Å². The number of aliphatic carboxylic acids is 1. The highest BCUT2D eigenvalue weighted by atomic mass is 19.1. The number of hydrogen-bond donors (Lipinski definition) is 3. The number of phenols is 1. The van der Waals surface area contributed by atoms with Gasteiger partial charge in [-0.25, -0.2) is 9.18 Å². The van der Waals surface area contributed by atoms with Crippen LogP contribution in [0.15, 0.2) is 18.2 Å². The monoisotopic (exact) mass is 251 g/mol. The summed E-state index contributed by atoms with van der Waals surface area (Å²) in [7, 11) is 0. The first kappa shape index (κ1) is 13.5. The number of rotatable bonds is 4. The molecule has 1 aromatic rings. The summed E-state index contributed by atoms with van der Waals surface area (Å²) in [4.78, 5) is 22.4. The fourth-order valence-corrected chi connectivity index (χ4v) is 1.24. The van der Waals surface area contributed by atoms with Gasteiger partial charge in [0.05, 0.1) is 5.56 Å². The molecule has 0 saturated heterocycles. The third-order valence-electron chi connectivity index (χ3n) is 2.12. The van der Waals surface area contributed by atoms with Gasteiger partial charge in [0.25, 0.3) is 5.91 Å². The molecule has 0 radical (unpaired) electrons. The predicted molar refractivity (Wildman–Crippen MR) is 60.4 cm³/mol. The van der Waals surface area contributed by atoms with E-state index in [0.29, 0.717) is 0 Å². The molecule has 1 atom stereocenters. The van der Waals surface area contributed by atoms with Crippen LogP contribution in [0.5, 0.6) is 5.75 Å². The summed E-state index contributed by atoms with van der Waals surface area (Å²) in [6.45, 7) is 0. The third kappa shape index (κ3) is 3.22. The molecule has 6 heteroatoms. The molecule has 0 aliphatic rings. The molecule has 0 aliphatic carbocycles. The fourth-order valence-electron chi connectivity index (χ4n) is 1.24. The van der Waals surface area contributed by atoms with Crippen LogP contribution in [0, 0.1) is 18.2 Å². The summed E-state index contributed by atoms with van der Waals surface area (Å²) < 4.78 is 13.3. The molecule has 0 aliphatic heterocycles. The predicted octanol–water partition coefficient (Wildman–Crippen LogP) is 0.738. The maximum absolute atomic E-state index is 13.3. The number of phenolic OH excluding ortho intramolecular Hbond substituents is 1. The van der Waals surface area contributed by atoms with E-state index in [9.17, 15) is 14.0 Å². The summed E-state index contributed by atoms with van der Waals surface area (Å²) in [6.07, 6.45) is 4.75. The lowest BCUT2D eigenvalue weighted by Gasteiger charge is -2.12.